The molecule has 2 aromatic carbocycles. The minimum absolute atomic E-state index is 0.0403. The van der Waals surface area contributed by atoms with E-state index in [0.717, 1.165) is 30.5 Å². The average Bonchev–Trinajstić information content (AvgIpc) is 3.20. The van der Waals surface area contributed by atoms with Gasteiger partial charge in [-0.15, -0.1) is 0 Å². The van der Waals surface area contributed by atoms with Gasteiger partial charge >= 0.3 is 10.4 Å². The number of aliphatic hydroxyl groups is 1. The van der Waals surface area contributed by atoms with Gasteiger partial charge in [-0.3, -0.25) is 9.11 Å². The summed E-state index contributed by atoms with van der Waals surface area (Å²) in [6.07, 6.45) is 2.09. The Hall–Kier alpha value is -1.77. The Kier molecular flexibility index (Phi) is 7.95. The lowest BCUT2D eigenvalue weighted by molar-refractivity contribution is 0.0442. The molecular formula is C25H37NO5S. The van der Waals surface area contributed by atoms with Gasteiger partial charge in [-0.25, -0.2) is 0 Å². The van der Waals surface area contributed by atoms with Gasteiger partial charge in [0.05, 0.1) is 0 Å². The number of hydrogen-bond acceptors (Lipinski definition) is 4. The number of hydrogen-bond donors (Lipinski definition) is 4. The van der Waals surface area contributed by atoms with Gasteiger partial charge in [0.1, 0.15) is 5.60 Å². The summed E-state index contributed by atoms with van der Waals surface area (Å²) in [5.41, 5.74) is 3.72. The van der Waals surface area contributed by atoms with Gasteiger partial charge in [0.2, 0.25) is 0 Å². The number of benzene rings is 2. The first-order valence-corrected chi connectivity index (χ1v) is 12.3. The van der Waals surface area contributed by atoms with Crippen LogP contribution in [0.3, 0.4) is 0 Å². The van der Waals surface area contributed by atoms with Crippen LogP contribution in [0.2, 0.25) is 0 Å². The molecule has 0 aliphatic carbocycles. The van der Waals surface area contributed by atoms with Crippen molar-refractivity contribution >= 4 is 10.4 Å². The fraction of sp³-hybridized carbons (Fsp3) is 0.520. The largest absolute Gasteiger partial charge is 0.394 e. The van der Waals surface area contributed by atoms with Gasteiger partial charge in [0.25, 0.3) is 0 Å². The van der Waals surface area contributed by atoms with E-state index in [1.165, 1.54) is 11.1 Å². The van der Waals surface area contributed by atoms with E-state index in [2.05, 4.69) is 95.4 Å². The molecule has 6 nitrogen and oxygen atoms in total. The van der Waals surface area contributed by atoms with Crippen LogP contribution < -0.4 is 5.32 Å². The topological polar surface area (TPSA) is 107 Å². The second kappa shape index (κ2) is 9.61. The van der Waals surface area contributed by atoms with Crippen LogP contribution in [0, 0.1) is 0 Å². The van der Waals surface area contributed by atoms with Crippen molar-refractivity contribution in [3.8, 4) is 0 Å². The maximum atomic E-state index is 12.0. The zero-order valence-corrected chi connectivity index (χ0v) is 20.7. The molecule has 32 heavy (non-hydrogen) atoms. The maximum Gasteiger partial charge on any atom is 0.394 e. The molecule has 0 bridgehead atoms. The van der Waals surface area contributed by atoms with Crippen LogP contribution in [-0.2, 0) is 26.8 Å². The summed E-state index contributed by atoms with van der Waals surface area (Å²) in [7, 11) is -4.67. The van der Waals surface area contributed by atoms with E-state index in [9.17, 15) is 5.11 Å². The molecule has 178 valence electrons. The highest BCUT2D eigenvalue weighted by Crippen LogP contribution is 2.38. The third-order valence-electron chi connectivity index (χ3n) is 5.95. The minimum atomic E-state index is -4.67. The average molecular weight is 464 g/mol. The van der Waals surface area contributed by atoms with Crippen molar-refractivity contribution < 1.29 is 22.6 Å². The highest BCUT2D eigenvalue weighted by atomic mass is 32.3. The standard InChI is InChI=1S/C25H35NO.H2O4S/c1-23(2,3)18-9-13-20(14-10-18)25(27,22-8-7-17-26-22)21-15-11-19(12-16-21)24(4,5)6;1-5(2,3)4/h9-16,22,26-27H,7-8,17H2,1-6H3;(H2,1,2,3,4). The highest BCUT2D eigenvalue weighted by Gasteiger charge is 2.41. The van der Waals surface area contributed by atoms with Crippen molar-refractivity contribution in [2.75, 3.05) is 6.54 Å². The molecule has 1 heterocycles. The smallest absolute Gasteiger partial charge is 0.379 e. The Morgan fingerprint density at radius 2 is 1.06 bits per heavy atom. The van der Waals surface area contributed by atoms with Crippen LogP contribution in [0.1, 0.15) is 76.6 Å². The van der Waals surface area contributed by atoms with Crippen LogP contribution >= 0.6 is 0 Å². The Morgan fingerprint density at radius 3 is 1.31 bits per heavy atom. The molecule has 7 heteroatoms. The monoisotopic (exact) mass is 463 g/mol. The van der Waals surface area contributed by atoms with Crippen molar-refractivity contribution in [3.05, 3.63) is 70.8 Å². The zero-order valence-electron chi connectivity index (χ0n) is 19.9. The summed E-state index contributed by atoms with van der Waals surface area (Å²) in [6, 6.07) is 17.1. The molecule has 1 atom stereocenters. The molecular weight excluding hydrogens is 426 g/mol. The van der Waals surface area contributed by atoms with Gasteiger partial charge in [-0.1, -0.05) is 90.1 Å². The maximum absolute atomic E-state index is 12.0. The molecule has 1 aliphatic heterocycles. The van der Waals surface area contributed by atoms with E-state index >= 15 is 0 Å². The third kappa shape index (κ3) is 6.86. The second-order valence-corrected chi connectivity index (χ2v) is 11.4. The molecule has 1 unspecified atom stereocenters. The first-order valence-electron chi connectivity index (χ1n) is 10.9. The molecule has 0 aromatic heterocycles. The Balaban J connectivity index is 0.000000654. The molecule has 1 aliphatic rings. The molecule has 1 saturated heterocycles. The van der Waals surface area contributed by atoms with Crippen LogP contribution in [0.4, 0.5) is 0 Å². The van der Waals surface area contributed by atoms with Gasteiger partial charge in [0, 0.05) is 6.04 Å². The predicted molar refractivity (Wildman–Crippen MR) is 128 cm³/mol. The predicted octanol–water partition coefficient (Wildman–Crippen LogP) is 4.62. The van der Waals surface area contributed by atoms with E-state index in [1.807, 2.05) is 0 Å². The molecule has 3 rings (SSSR count). The molecule has 2 aromatic rings. The lowest BCUT2D eigenvalue weighted by Gasteiger charge is -2.36. The first kappa shape index (κ1) is 26.5. The summed E-state index contributed by atoms with van der Waals surface area (Å²) in [4.78, 5) is 0. The fourth-order valence-corrected chi connectivity index (χ4v) is 4.06. The van der Waals surface area contributed by atoms with Gasteiger partial charge < -0.3 is 10.4 Å². The molecule has 1 fully saturated rings. The molecule has 0 radical (unpaired) electrons. The van der Waals surface area contributed by atoms with Crippen LogP contribution in [-0.4, -0.2) is 35.2 Å². The second-order valence-electron chi connectivity index (χ2n) is 10.5. The summed E-state index contributed by atoms with van der Waals surface area (Å²) < 4.78 is 31.6. The van der Waals surface area contributed by atoms with Crippen molar-refractivity contribution in [1.29, 1.82) is 0 Å². The highest BCUT2D eigenvalue weighted by molar-refractivity contribution is 7.79. The normalized spacial score (nSPS) is 17.6. The minimum Gasteiger partial charge on any atom is -0.379 e. The lowest BCUT2D eigenvalue weighted by Crippen LogP contribution is -2.46. The summed E-state index contributed by atoms with van der Waals surface area (Å²) >= 11 is 0. The van der Waals surface area contributed by atoms with Crippen molar-refractivity contribution in [3.63, 3.8) is 0 Å². The fourth-order valence-electron chi connectivity index (χ4n) is 4.06. The van der Waals surface area contributed by atoms with Crippen molar-refractivity contribution in [2.24, 2.45) is 0 Å². The number of rotatable bonds is 3. The van der Waals surface area contributed by atoms with Crippen LogP contribution in [0.5, 0.6) is 0 Å². The van der Waals surface area contributed by atoms with Crippen LogP contribution in [0.25, 0.3) is 0 Å². The Labute approximate surface area is 192 Å². The van der Waals surface area contributed by atoms with E-state index in [4.69, 9.17) is 17.5 Å². The van der Waals surface area contributed by atoms with Crippen molar-refractivity contribution in [1.82, 2.24) is 5.32 Å². The SMILES string of the molecule is CC(C)(C)c1ccc(C(O)(c2ccc(C(C)(C)C)cc2)C2CCCN2)cc1.O=S(=O)(O)O. The summed E-state index contributed by atoms with van der Waals surface area (Å²) in [5, 5.41) is 15.5. The molecule has 4 N–H and O–H groups in total. The van der Waals surface area contributed by atoms with E-state index < -0.39 is 16.0 Å². The quantitative estimate of drug-likeness (QED) is 0.495. The lowest BCUT2D eigenvalue weighted by atomic mass is 9.77. The Bertz CT molecular complexity index is 913. The van der Waals surface area contributed by atoms with E-state index in [0.29, 0.717) is 0 Å². The summed E-state index contributed by atoms with van der Waals surface area (Å²) in [5.74, 6) is 0. The Morgan fingerprint density at radius 1 is 0.750 bits per heavy atom. The third-order valence-corrected chi connectivity index (χ3v) is 5.95. The number of nitrogens with one attached hydrogen (secondary N) is 1. The molecule has 0 amide bonds. The first-order chi connectivity index (χ1) is 14.5. The van der Waals surface area contributed by atoms with Gasteiger partial charge in [-0.2, -0.15) is 8.42 Å². The molecule has 0 saturated carbocycles. The van der Waals surface area contributed by atoms with E-state index in [-0.39, 0.29) is 16.9 Å². The zero-order chi connectivity index (χ0) is 24.4. The van der Waals surface area contributed by atoms with Crippen LogP contribution in [0.15, 0.2) is 48.5 Å². The van der Waals surface area contributed by atoms with Gasteiger partial charge in [0.15, 0.2) is 0 Å². The van der Waals surface area contributed by atoms with Gasteiger partial charge in [-0.05, 0) is 52.5 Å². The van der Waals surface area contributed by atoms with E-state index in [1.54, 1.807) is 0 Å². The van der Waals surface area contributed by atoms with Crippen molar-refractivity contribution in [2.45, 2.75) is 76.9 Å². The summed E-state index contributed by atoms with van der Waals surface area (Å²) in [6.45, 7) is 14.3. The molecule has 0 spiro atoms.